The lowest BCUT2D eigenvalue weighted by Gasteiger charge is -2.18. The highest BCUT2D eigenvalue weighted by atomic mass is 16.4. The van der Waals surface area contributed by atoms with E-state index in [4.69, 9.17) is 4.42 Å². The molecule has 26 heavy (non-hydrogen) atoms. The Labute approximate surface area is 157 Å². The molecule has 0 bridgehead atoms. The molecule has 140 valence electrons. The van der Waals surface area contributed by atoms with E-state index in [-0.39, 0.29) is 5.41 Å². The minimum atomic E-state index is 0.104. The van der Waals surface area contributed by atoms with E-state index in [0.717, 1.165) is 38.2 Å². The summed E-state index contributed by atoms with van der Waals surface area (Å²) in [5.41, 5.74) is 2.56. The van der Waals surface area contributed by atoms with Crippen LogP contribution in [0.1, 0.15) is 52.3 Å². The van der Waals surface area contributed by atoms with E-state index >= 15 is 0 Å². The van der Waals surface area contributed by atoms with Gasteiger partial charge in [-0.05, 0) is 37.0 Å². The molecular formula is C21H31N4O+. The van der Waals surface area contributed by atoms with Crippen LogP contribution in [-0.2, 0) is 5.41 Å². The summed E-state index contributed by atoms with van der Waals surface area (Å²) >= 11 is 0. The lowest BCUT2D eigenvalue weighted by atomic mass is 9.87. The minimum absolute atomic E-state index is 0.104. The van der Waals surface area contributed by atoms with Crippen molar-refractivity contribution in [3.63, 3.8) is 0 Å². The van der Waals surface area contributed by atoms with E-state index in [1.165, 1.54) is 5.56 Å². The van der Waals surface area contributed by atoms with Crippen LogP contribution in [0.15, 0.2) is 28.7 Å². The van der Waals surface area contributed by atoms with Crippen molar-refractivity contribution in [1.29, 1.82) is 5.26 Å². The molecular weight excluding hydrogens is 324 g/mol. The van der Waals surface area contributed by atoms with Gasteiger partial charge in [-0.1, -0.05) is 32.9 Å². The number of hydrogen-bond acceptors (Lipinski definition) is 4. The van der Waals surface area contributed by atoms with Crippen molar-refractivity contribution in [2.75, 3.05) is 31.5 Å². The van der Waals surface area contributed by atoms with Gasteiger partial charge in [-0.25, -0.2) is 0 Å². The molecule has 5 nitrogen and oxygen atoms in total. The number of quaternary nitrogens is 1. The number of benzene rings is 1. The van der Waals surface area contributed by atoms with Gasteiger partial charge in [-0.2, -0.15) is 10.2 Å². The third-order valence-corrected chi connectivity index (χ3v) is 4.72. The third-order valence-electron chi connectivity index (χ3n) is 4.72. The van der Waals surface area contributed by atoms with Gasteiger partial charge in [0, 0.05) is 18.5 Å². The van der Waals surface area contributed by atoms with Gasteiger partial charge in [0.15, 0.2) is 0 Å². The molecule has 2 rings (SSSR count). The molecule has 0 spiro atoms. The zero-order chi connectivity index (χ0) is 19.2. The fourth-order valence-corrected chi connectivity index (χ4v) is 2.90. The van der Waals surface area contributed by atoms with Crippen molar-refractivity contribution >= 4 is 5.88 Å². The highest BCUT2D eigenvalue weighted by Crippen LogP contribution is 2.28. The molecule has 0 aliphatic rings. The van der Waals surface area contributed by atoms with Crippen LogP contribution in [0.5, 0.6) is 0 Å². The summed E-state index contributed by atoms with van der Waals surface area (Å²) in [6.07, 6.45) is 1.03. The quantitative estimate of drug-likeness (QED) is 0.714. The molecule has 1 heterocycles. The average Bonchev–Trinajstić information content (AvgIpc) is 3.04. The number of nitrogens with one attached hydrogen (secondary N) is 2. The lowest BCUT2D eigenvalue weighted by molar-refractivity contribution is -0.896. The number of oxazole rings is 1. The van der Waals surface area contributed by atoms with Gasteiger partial charge >= 0.3 is 0 Å². The molecule has 2 N–H and O–H groups in total. The van der Waals surface area contributed by atoms with E-state index < -0.39 is 0 Å². The molecule has 0 saturated carbocycles. The Morgan fingerprint density at radius 2 is 1.81 bits per heavy atom. The Bertz CT molecular complexity index is 731. The maximum atomic E-state index is 9.33. The van der Waals surface area contributed by atoms with Gasteiger partial charge in [0.05, 0.1) is 19.6 Å². The van der Waals surface area contributed by atoms with Crippen molar-refractivity contribution < 1.29 is 9.32 Å². The molecule has 0 fully saturated rings. The van der Waals surface area contributed by atoms with E-state index in [1.54, 1.807) is 4.90 Å². The second-order valence-electron chi connectivity index (χ2n) is 7.62. The molecule has 5 heteroatoms. The van der Waals surface area contributed by atoms with Crippen molar-refractivity contribution in [3.8, 4) is 17.5 Å². The van der Waals surface area contributed by atoms with Crippen LogP contribution in [0.4, 0.5) is 5.88 Å². The second-order valence-corrected chi connectivity index (χ2v) is 7.62. The maximum absolute atomic E-state index is 9.33. The van der Waals surface area contributed by atoms with Gasteiger partial charge in [-0.3, -0.25) is 0 Å². The molecule has 0 aliphatic carbocycles. The monoisotopic (exact) mass is 355 g/mol. The van der Waals surface area contributed by atoms with E-state index in [2.05, 4.69) is 63.1 Å². The maximum Gasteiger partial charge on any atom is 0.232 e. The average molecular weight is 356 g/mol. The number of nitrogens with zero attached hydrogens (tertiary/aromatic N) is 2. The molecule has 0 radical (unpaired) electrons. The van der Waals surface area contributed by atoms with Crippen LogP contribution in [-0.4, -0.2) is 31.2 Å². The first-order valence-electron chi connectivity index (χ1n) is 9.48. The predicted octanol–water partition coefficient (Wildman–Crippen LogP) is 3.24. The topological polar surface area (TPSA) is 66.3 Å². The fourth-order valence-electron chi connectivity index (χ4n) is 2.90. The summed E-state index contributed by atoms with van der Waals surface area (Å²) in [6.45, 7) is 15.1. The highest BCUT2D eigenvalue weighted by Gasteiger charge is 2.17. The predicted molar refractivity (Wildman–Crippen MR) is 105 cm³/mol. The zero-order valence-electron chi connectivity index (χ0n) is 16.6. The van der Waals surface area contributed by atoms with Crippen molar-refractivity contribution in [2.45, 2.75) is 46.5 Å². The Balaban J connectivity index is 2.05. The highest BCUT2D eigenvalue weighted by molar-refractivity contribution is 5.59. The third kappa shape index (κ3) is 5.09. The first kappa shape index (κ1) is 20.0. The van der Waals surface area contributed by atoms with Gasteiger partial charge in [0.2, 0.25) is 17.5 Å². The molecule has 1 aromatic carbocycles. The lowest BCUT2D eigenvalue weighted by Crippen LogP contribution is -3.11. The van der Waals surface area contributed by atoms with Crippen molar-refractivity contribution in [3.05, 3.63) is 35.5 Å². The summed E-state index contributed by atoms with van der Waals surface area (Å²) in [5.74, 6) is 0.954. The van der Waals surface area contributed by atoms with E-state index in [1.807, 2.05) is 12.1 Å². The smallest absolute Gasteiger partial charge is 0.232 e. The van der Waals surface area contributed by atoms with Gasteiger partial charge in [-0.15, -0.1) is 0 Å². The Kier molecular flexibility index (Phi) is 6.82. The molecule has 2 aromatic rings. The number of nitriles is 1. The number of aromatic nitrogens is 1. The number of rotatable bonds is 8. The SMILES string of the molecule is CC[NH+](CC)CCCNc1oc(-c2ccc(C(C)(C)C)cc2)nc1C#N. The van der Waals surface area contributed by atoms with Crippen LogP contribution in [0, 0.1) is 11.3 Å². The van der Waals surface area contributed by atoms with Crippen LogP contribution in [0.3, 0.4) is 0 Å². The molecule has 0 saturated heterocycles. The molecule has 0 atom stereocenters. The Morgan fingerprint density at radius 1 is 1.15 bits per heavy atom. The second kappa shape index (κ2) is 8.86. The summed E-state index contributed by atoms with van der Waals surface area (Å²) in [4.78, 5) is 5.92. The van der Waals surface area contributed by atoms with Crippen LogP contribution in [0.2, 0.25) is 0 Å². The standard InChI is InChI=1S/C21H30N4O/c1-6-25(7-2)14-8-13-23-20-18(15-22)24-19(26-20)16-9-11-17(12-10-16)21(3,4)5/h9-12,23H,6-8,13-14H2,1-5H3/p+1. The Hall–Kier alpha value is -2.32. The minimum Gasteiger partial charge on any atom is -0.419 e. The van der Waals surface area contributed by atoms with Crippen LogP contribution >= 0.6 is 0 Å². The van der Waals surface area contributed by atoms with Gasteiger partial charge < -0.3 is 14.6 Å². The van der Waals surface area contributed by atoms with Gasteiger partial charge in [0.1, 0.15) is 6.07 Å². The summed E-state index contributed by atoms with van der Waals surface area (Å²) in [6, 6.07) is 10.3. The summed E-state index contributed by atoms with van der Waals surface area (Å²) in [5, 5.41) is 12.6. The molecule has 0 unspecified atom stereocenters. The first-order chi connectivity index (χ1) is 12.4. The van der Waals surface area contributed by atoms with Gasteiger partial charge in [0.25, 0.3) is 0 Å². The molecule has 1 aromatic heterocycles. The molecule has 0 aliphatic heterocycles. The van der Waals surface area contributed by atoms with E-state index in [0.29, 0.717) is 17.5 Å². The first-order valence-corrected chi connectivity index (χ1v) is 9.48. The van der Waals surface area contributed by atoms with Crippen LogP contribution in [0.25, 0.3) is 11.5 Å². The molecule has 0 amide bonds. The van der Waals surface area contributed by atoms with E-state index in [9.17, 15) is 5.26 Å². The van der Waals surface area contributed by atoms with Crippen molar-refractivity contribution in [2.24, 2.45) is 0 Å². The summed E-state index contributed by atoms with van der Waals surface area (Å²) < 4.78 is 5.83. The zero-order valence-corrected chi connectivity index (χ0v) is 16.6. The van der Waals surface area contributed by atoms with Crippen LogP contribution < -0.4 is 10.2 Å². The largest absolute Gasteiger partial charge is 0.419 e. The Morgan fingerprint density at radius 3 is 2.35 bits per heavy atom. The normalized spacial score (nSPS) is 11.6. The fraction of sp³-hybridized carbons (Fsp3) is 0.524. The van der Waals surface area contributed by atoms with Crippen molar-refractivity contribution in [1.82, 2.24) is 4.98 Å². The number of anilines is 1. The number of hydrogen-bond donors (Lipinski definition) is 2. The summed E-state index contributed by atoms with van der Waals surface area (Å²) in [7, 11) is 0.